The summed E-state index contributed by atoms with van der Waals surface area (Å²) in [4.78, 5) is 13.2. The number of rotatable bonds is 2. The van der Waals surface area contributed by atoms with Gasteiger partial charge in [0.25, 0.3) is 0 Å². The molecular weight excluding hydrogens is 270 g/mol. The van der Waals surface area contributed by atoms with Gasteiger partial charge in [0, 0.05) is 6.42 Å². The van der Waals surface area contributed by atoms with Crippen LogP contribution in [0.2, 0.25) is 0 Å². The quantitative estimate of drug-likeness (QED) is 0.565. The van der Waals surface area contributed by atoms with Crippen LogP contribution in [-0.4, -0.2) is 15.0 Å². The molecule has 22 heavy (non-hydrogen) atoms. The molecule has 108 valence electrons. The predicted octanol–water partition coefficient (Wildman–Crippen LogP) is 3.65. The molecule has 2 aromatic carbocycles. The number of nitrogens with zero attached hydrogens (tertiary/aromatic N) is 3. The summed E-state index contributed by atoms with van der Waals surface area (Å²) in [7, 11) is 0. The smallest absolute Gasteiger partial charge is 0.136 e. The van der Waals surface area contributed by atoms with Crippen LogP contribution in [0.5, 0.6) is 0 Å². The fourth-order valence-corrected chi connectivity index (χ4v) is 3.32. The lowest BCUT2D eigenvalue weighted by molar-refractivity contribution is 0.840. The molecule has 0 unspecified atom stereocenters. The zero-order chi connectivity index (χ0) is 15.1. The molecule has 1 aromatic heterocycles. The van der Waals surface area contributed by atoms with Crippen molar-refractivity contribution in [2.24, 2.45) is 0 Å². The Kier molecular flexibility index (Phi) is 3.00. The summed E-state index contributed by atoms with van der Waals surface area (Å²) in [6.45, 7) is 3.84. The molecule has 0 radical (unpaired) electrons. The van der Waals surface area contributed by atoms with E-state index in [2.05, 4.69) is 57.4 Å². The Bertz CT molecular complexity index is 848. The van der Waals surface area contributed by atoms with Crippen molar-refractivity contribution in [1.29, 1.82) is 0 Å². The molecule has 0 saturated carbocycles. The van der Waals surface area contributed by atoms with E-state index in [-0.39, 0.29) is 0 Å². The molecule has 0 atom stereocenters. The lowest BCUT2D eigenvalue weighted by Gasteiger charge is -2.08. The number of aryl methyl sites for hydroxylation is 2. The van der Waals surface area contributed by atoms with Crippen molar-refractivity contribution in [3.05, 3.63) is 76.6 Å². The van der Waals surface area contributed by atoms with Gasteiger partial charge >= 0.3 is 0 Å². The maximum atomic E-state index is 4.48. The van der Waals surface area contributed by atoms with Gasteiger partial charge in [-0.2, -0.15) is 0 Å². The molecule has 0 saturated heterocycles. The molecule has 3 heteroatoms. The first-order valence-electron chi connectivity index (χ1n) is 7.58. The van der Waals surface area contributed by atoms with Gasteiger partial charge in [0.2, 0.25) is 0 Å². The topological polar surface area (TPSA) is 38.7 Å². The number of hydrogen-bond acceptors (Lipinski definition) is 3. The highest BCUT2D eigenvalue weighted by molar-refractivity contribution is 5.77. The van der Waals surface area contributed by atoms with E-state index < -0.39 is 0 Å². The molecule has 0 N–H and O–H groups in total. The first-order chi connectivity index (χ1) is 10.7. The summed E-state index contributed by atoms with van der Waals surface area (Å²) in [5.74, 6) is 2.44. The minimum absolute atomic E-state index is 0.765. The highest BCUT2D eigenvalue weighted by Gasteiger charge is 2.20. The Labute approximate surface area is 130 Å². The maximum absolute atomic E-state index is 4.48. The average molecular weight is 287 g/mol. The molecular formula is C19H17N3. The van der Waals surface area contributed by atoms with Crippen LogP contribution in [0.4, 0.5) is 0 Å². The second-order valence-corrected chi connectivity index (χ2v) is 5.80. The highest BCUT2D eigenvalue weighted by Crippen LogP contribution is 2.38. The maximum Gasteiger partial charge on any atom is 0.136 e. The van der Waals surface area contributed by atoms with Crippen molar-refractivity contribution in [2.75, 3.05) is 0 Å². The Hall–Kier alpha value is -2.55. The molecule has 1 aliphatic carbocycles. The number of hydrogen-bond donors (Lipinski definition) is 0. The van der Waals surface area contributed by atoms with Crippen LogP contribution in [-0.2, 0) is 12.8 Å². The number of benzene rings is 2. The van der Waals surface area contributed by atoms with Gasteiger partial charge in [-0.15, -0.1) is 0 Å². The van der Waals surface area contributed by atoms with Gasteiger partial charge in [-0.05, 0) is 48.1 Å². The Morgan fingerprint density at radius 2 is 1.55 bits per heavy atom. The molecule has 0 amide bonds. The van der Waals surface area contributed by atoms with E-state index in [9.17, 15) is 0 Å². The van der Waals surface area contributed by atoms with E-state index in [1.807, 2.05) is 13.8 Å². The van der Waals surface area contributed by atoms with Gasteiger partial charge in [0.1, 0.15) is 17.5 Å². The number of aromatic nitrogens is 3. The summed E-state index contributed by atoms with van der Waals surface area (Å²) in [6.07, 6.45) is 1.77. The lowest BCUT2D eigenvalue weighted by Crippen LogP contribution is -2.04. The fraction of sp³-hybridized carbons (Fsp3) is 0.211. The standard InChI is InChI=1S/C19H17N3/c1-12-20-13(2)22-19(21-12)11-15-7-5-9-17-16-8-4-3-6-14(16)10-18(15)17/h3-9H,10-11H2,1-2H3. The largest absolute Gasteiger partial charge is 0.219 e. The van der Waals surface area contributed by atoms with E-state index in [0.29, 0.717) is 0 Å². The first-order valence-corrected chi connectivity index (χ1v) is 7.58. The lowest BCUT2D eigenvalue weighted by atomic mass is 9.99. The summed E-state index contributed by atoms with van der Waals surface area (Å²) in [6, 6.07) is 15.2. The average Bonchev–Trinajstić information content (AvgIpc) is 2.86. The molecule has 0 spiro atoms. The summed E-state index contributed by atoms with van der Waals surface area (Å²) in [5.41, 5.74) is 6.86. The van der Waals surface area contributed by atoms with E-state index in [4.69, 9.17) is 0 Å². The third kappa shape index (κ3) is 2.19. The van der Waals surface area contributed by atoms with Gasteiger partial charge in [0.05, 0.1) is 0 Å². The van der Waals surface area contributed by atoms with E-state index >= 15 is 0 Å². The van der Waals surface area contributed by atoms with Crippen molar-refractivity contribution in [2.45, 2.75) is 26.7 Å². The number of fused-ring (bicyclic) bond motifs is 3. The van der Waals surface area contributed by atoms with Gasteiger partial charge in [-0.3, -0.25) is 0 Å². The zero-order valence-corrected chi connectivity index (χ0v) is 12.8. The van der Waals surface area contributed by atoms with E-state index in [0.717, 1.165) is 30.3 Å². The van der Waals surface area contributed by atoms with Crippen molar-refractivity contribution in [3.8, 4) is 11.1 Å². The summed E-state index contributed by atoms with van der Waals surface area (Å²) >= 11 is 0. The Morgan fingerprint density at radius 1 is 0.818 bits per heavy atom. The van der Waals surface area contributed by atoms with E-state index in [1.165, 1.54) is 27.8 Å². The minimum atomic E-state index is 0.765. The van der Waals surface area contributed by atoms with Crippen molar-refractivity contribution >= 4 is 0 Å². The highest BCUT2D eigenvalue weighted by atomic mass is 15.0. The second kappa shape index (κ2) is 5.02. The predicted molar refractivity (Wildman–Crippen MR) is 86.8 cm³/mol. The third-order valence-corrected chi connectivity index (χ3v) is 4.20. The fourth-order valence-electron chi connectivity index (χ4n) is 3.32. The van der Waals surface area contributed by atoms with E-state index in [1.54, 1.807) is 0 Å². The van der Waals surface area contributed by atoms with Gasteiger partial charge in [0.15, 0.2) is 0 Å². The molecule has 1 heterocycles. The van der Waals surface area contributed by atoms with Gasteiger partial charge in [-0.25, -0.2) is 15.0 Å². The second-order valence-electron chi connectivity index (χ2n) is 5.80. The summed E-state index contributed by atoms with van der Waals surface area (Å²) < 4.78 is 0. The third-order valence-electron chi connectivity index (χ3n) is 4.20. The van der Waals surface area contributed by atoms with Crippen molar-refractivity contribution < 1.29 is 0 Å². The van der Waals surface area contributed by atoms with Crippen LogP contribution >= 0.6 is 0 Å². The molecule has 0 bridgehead atoms. The normalized spacial score (nSPS) is 12.1. The molecule has 3 nitrogen and oxygen atoms in total. The zero-order valence-electron chi connectivity index (χ0n) is 12.8. The van der Waals surface area contributed by atoms with Crippen LogP contribution in [0.3, 0.4) is 0 Å². The van der Waals surface area contributed by atoms with Gasteiger partial charge in [-0.1, -0.05) is 42.5 Å². The first kappa shape index (κ1) is 13.1. The summed E-state index contributed by atoms with van der Waals surface area (Å²) in [5, 5.41) is 0. The molecule has 4 rings (SSSR count). The van der Waals surface area contributed by atoms with Crippen molar-refractivity contribution in [1.82, 2.24) is 15.0 Å². The molecule has 0 fully saturated rings. The van der Waals surface area contributed by atoms with Crippen LogP contribution in [0.25, 0.3) is 11.1 Å². The molecule has 1 aliphatic rings. The Morgan fingerprint density at radius 3 is 2.36 bits per heavy atom. The van der Waals surface area contributed by atoms with Crippen LogP contribution in [0.15, 0.2) is 42.5 Å². The van der Waals surface area contributed by atoms with Crippen LogP contribution in [0, 0.1) is 13.8 Å². The molecule has 3 aromatic rings. The molecule has 0 aliphatic heterocycles. The van der Waals surface area contributed by atoms with Crippen molar-refractivity contribution in [3.63, 3.8) is 0 Å². The van der Waals surface area contributed by atoms with Crippen LogP contribution < -0.4 is 0 Å². The van der Waals surface area contributed by atoms with Crippen LogP contribution in [0.1, 0.15) is 34.2 Å². The Balaban J connectivity index is 1.76. The monoisotopic (exact) mass is 287 g/mol. The minimum Gasteiger partial charge on any atom is -0.219 e. The SMILES string of the molecule is Cc1nc(C)nc(Cc2cccc3c2Cc2ccccc2-3)n1. The van der Waals surface area contributed by atoms with Gasteiger partial charge < -0.3 is 0 Å².